The van der Waals surface area contributed by atoms with Crippen molar-refractivity contribution in [3.63, 3.8) is 0 Å². The van der Waals surface area contributed by atoms with Crippen LogP contribution in [0.25, 0.3) is 0 Å². The monoisotopic (exact) mass is 193 g/mol. The Morgan fingerprint density at radius 2 is 2.29 bits per heavy atom. The van der Waals surface area contributed by atoms with Crippen molar-refractivity contribution < 1.29 is 5.11 Å². The van der Waals surface area contributed by atoms with Gasteiger partial charge in [-0.3, -0.25) is 4.99 Å². The molecule has 2 aliphatic rings. The number of aliphatic imine (C=N–C) groups is 1. The molecule has 0 amide bonds. The molecule has 1 N–H and O–H groups in total. The van der Waals surface area contributed by atoms with E-state index in [1.165, 1.54) is 18.4 Å². The van der Waals surface area contributed by atoms with Crippen LogP contribution in [0, 0.1) is 11.8 Å². The second kappa shape index (κ2) is 4.74. The van der Waals surface area contributed by atoms with E-state index in [1.807, 2.05) is 0 Å². The molecule has 0 spiro atoms. The van der Waals surface area contributed by atoms with Crippen molar-refractivity contribution in [2.24, 2.45) is 16.8 Å². The van der Waals surface area contributed by atoms with Crippen LogP contribution in [0.3, 0.4) is 0 Å². The molecule has 2 atom stereocenters. The van der Waals surface area contributed by atoms with Gasteiger partial charge in [-0.05, 0) is 55.7 Å². The minimum Gasteiger partial charge on any atom is -0.392 e. The Bertz CT molecular complexity index is 245. The van der Waals surface area contributed by atoms with Crippen LogP contribution in [0.5, 0.6) is 0 Å². The molecule has 1 aliphatic heterocycles. The van der Waals surface area contributed by atoms with Crippen molar-refractivity contribution in [3.8, 4) is 0 Å². The normalized spacial score (nSPS) is 32.8. The van der Waals surface area contributed by atoms with Crippen molar-refractivity contribution >= 4 is 6.21 Å². The zero-order chi connectivity index (χ0) is 9.80. The SMILES string of the molecule is OCC1=CCCC(C2CC=NCC2)C1. The van der Waals surface area contributed by atoms with Crippen molar-refractivity contribution in [2.45, 2.75) is 32.1 Å². The Labute approximate surface area is 85.7 Å². The summed E-state index contributed by atoms with van der Waals surface area (Å²) in [5.74, 6) is 1.62. The highest BCUT2D eigenvalue weighted by Gasteiger charge is 2.24. The van der Waals surface area contributed by atoms with Crippen LogP contribution in [0.1, 0.15) is 32.1 Å². The van der Waals surface area contributed by atoms with Crippen LogP contribution in [-0.4, -0.2) is 24.5 Å². The minimum atomic E-state index is 0.261. The molecule has 0 aromatic rings. The smallest absolute Gasteiger partial charge is 0.0641 e. The summed E-state index contributed by atoms with van der Waals surface area (Å²) < 4.78 is 0. The van der Waals surface area contributed by atoms with Crippen LogP contribution >= 0.6 is 0 Å². The van der Waals surface area contributed by atoms with Gasteiger partial charge in [0.1, 0.15) is 0 Å². The molecule has 2 heteroatoms. The third-order valence-electron chi connectivity index (χ3n) is 3.53. The van der Waals surface area contributed by atoms with Gasteiger partial charge in [-0.15, -0.1) is 0 Å². The van der Waals surface area contributed by atoms with Gasteiger partial charge < -0.3 is 5.11 Å². The average Bonchev–Trinajstić information content (AvgIpc) is 2.30. The predicted molar refractivity (Wildman–Crippen MR) is 58.6 cm³/mol. The largest absolute Gasteiger partial charge is 0.392 e. The molecule has 0 bridgehead atoms. The van der Waals surface area contributed by atoms with E-state index in [4.69, 9.17) is 5.11 Å². The van der Waals surface area contributed by atoms with Gasteiger partial charge in [0.25, 0.3) is 0 Å². The van der Waals surface area contributed by atoms with Crippen LogP contribution in [0.15, 0.2) is 16.6 Å². The zero-order valence-electron chi connectivity index (χ0n) is 8.65. The van der Waals surface area contributed by atoms with Crippen molar-refractivity contribution in [1.29, 1.82) is 0 Å². The Kier molecular flexibility index (Phi) is 3.35. The van der Waals surface area contributed by atoms with Crippen LogP contribution < -0.4 is 0 Å². The third kappa shape index (κ3) is 2.24. The summed E-state index contributed by atoms with van der Waals surface area (Å²) in [5.41, 5.74) is 1.25. The summed E-state index contributed by atoms with van der Waals surface area (Å²) in [6.45, 7) is 1.27. The van der Waals surface area contributed by atoms with E-state index in [2.05, 4.69) is 17.3 Å². The van der Waals surface area contributed by atoms with Crippen molar-refractivity contribution in [1.82, 2.24) is 0 Å². The highest BCUT2D eigenvalue weighted by atomic mass is 16.3. The number of aliphatic hydroxyl groups is 1. The lowest BCUT2D eigenvalue weighted by molar-refractivity contribution is 0.264. The molecular formula is C12H19NO. The lowest BCUT2D eigenvalue weighted by Crippen LogP contribution is -2.22. The molecule has 0 fully saturated rings. The van der Waals surface area contributed by atoms with Crippen LogP contribution in [-0.2, 0) is 0 Å². The topological polar surface area (TPSA) is 32.6 Å². The quantitative estimate of drug-likeness (QED) is 0.670. The molecule has 1 aliphatic carbocycles. The summed E-state index contributed by atoms with van der Waals surface area (Å²) in [5, 5.41) is 9.11. The van der Waals surface area contributed by atoms with E-state index in [0.717, 1.165) is 37.6 Å². The molecule has 0 saturated heterocycles. The first kappa shape index (κ1) is 9.91. The second-order valence-electron chi connectivity index (χ2n) is 4.44. The maximum Gasteiger partial charge on any atom is 0.0641 e. The summed E-state index contributed by atoms with van der Waals surface area (Å²) in [6.07, 6.45) is 10.3. The Morgan fingerprint density at radius 1 is 1.36 bits per heavy atom. The predicted octanol–water partition coefficient (Wildman–Crippen LogP) is 2.19. The summed E-state index contributed by atoms with van der Waals surface area (Å²) in [6, 6.07) is 0. The van der Waals surface area contributed by atoms with Gasteiger partial charge >= 0.3 is 0 Å². The fourth-order valence-corrected chi connectivity index (χ4v) is 2.64. The minimum absolute atomic E-state index is 0.261. The number of aliphatic hydroxyl groups excluding tert-OH is 1. The van der Waals surface area contributed by atoms with Crippen molar-refractivity contribution in [3.05, 3.63) is 11.6 Å². The fraction of sp³-hybridized carbons (Fsp3) is 0.750. The first-order valence-electron chi connectivity index (χ1n) is 5.67. The number of rotatable bonds is 2. The van der Waals surface area contributed by atoms with Crippen LogP contribution in [0.4, 0.5) is 0 Å². The first-order chi connectivity index (χ1) is 6.90. The molecule has 1 heterocycles. The molecule has 0 aromatic carbocycles. The van der Waals surface area contributed by atoms with Crippen LogP contribution in [0.2, 0.25) is 0 Å². The van der Waals surface area contributed by atoms with Gasteiger partial charge in [0, 0.05) is 6.54 Å². The van der Waals surface area contributed by atoms with Gasteiger partial charge in [0.15, 0.2) is 0 Å². The number of nitrogens with zero attached hydrogens (tertiary/aromatic N) is 1. The highest BCUT2D eigenvalue weighted by molar-refractivity contribution is 5.58. The van der Waals surface area contributed by atoms with Crippen molar-refractivity contribution in [2.75, 3.05) is 13.2 Å². The van der Waals surface area contributed by atoms with E-state index >= 15 is 0 Å². The standard InChI is InChI=1S/C12H19NO/c14-9-10-2-1-3-12(8-10)11-4-6-13-7-5-11/h2,6,11-12,14H,1,3-5,7-9H2. The fourth-order valence-electron chi connectivity index (χ4n) is 2.64. The first-order valence-corrected chi connectivity index (χ1v) is 5.67. The molecule has 0 aromatic heterocycles. The lowest BCUT2D eigenvalue weighted by atomic mass is 9.76. The Hall–Kier alpha value is -0.630. The maximum absolute atomic E-state index is 9.11. The molecular weight excluding hydrogens is 174 g/mol. The molecule has 2 nitrogen and oxygen atoms in total. The summed E-state index contributed by atoms with van der Waals surface area (Å²) >= 11 is 0. The summed E-state index contributed by atoms with van der Waals surface area (Å²) in [4.78, 5) is 4.27. The molecule has 2 rings (SSSR count). The van der Waals surface area contributed by atoms with E-state index in [1.54, 1.807) is 0 Å². The molecule has 0 saturated carbocycles. The van der Waals surface area contributed by atoms with Gasteiger partial charge in [-0.1, -0.05) is 6.08 Å². The molecule has 78 valence electrons. The lowest BCUT2D eigenvalue weighted by Gasteiger charge is -2.30. The Balaban J connectivity index is 1.92. The molecule has 2 unspecified atom stereocenters. The second-order valence-corrected chi connectivity index (χ2v) is 4.44. The molecule has 14 heavy (non-hydrogen) atoms. The zero-order valence-corrected chi connectivity index (χ0v) is 8.65. The summed E-state index contributed by atoms with van der Waals surface area (Å²) in [7, 11) is 0. The number of hydrogen-bond donors (Lipinski definition) is 1. The molecule has 0 radical (unpaired) electrons. The Morgan fingerprint density at radius 3 is 3.00 bits per heavy atom. The number of allylic oxidation sites excluding steroid dienone is 1. The van der Waals surface area contributed by atoms with E-state index < -0.39 is 0 Å². The van der Waals surface area contributed by atoms with Gasteiger partial charge in [-0.25, -0.2) is 0 Å². The number of hydrogen-bond acceptors (Lipinski definition) is 2. The average molecular weight is 193 g/mol. The van der Waals surface area contributed by atoms with E-state index in [-0.39, 0.29) is 6.61 Å². The maximum atomic E-state index is 9.11. The van der Waals surface area contributed by atoms with E-state index in [0.29, 0.717) is 0 Å². The van der Waals surface area contributed by atoms with E-state index in [9.17, 15) is 0 Å². The third-order valence-corrected chi connectivity index (χ3v) is 3.53. The highest BCUT2D eigenvalue weighted by Crippen LogP contribution is 2.34. The van der Waals surface area contributed by atoms with Gasteiger partial charge in [0.05, 0.1) is 6.61 Å². The van der Waals surface area contributed by atoms with Gasteiger partial charge in [-0.2, -0.15) is 0 Å². The van der Waals surface area contributed by atoms with Gasteiger partial charge in [0.2, 0.25) is 0 Å².